The zero-order valence-electron chi connectivity index (χ0n) is 17.3. The van der Waals surface area contributed by atoms with Gasteiger partial charge < -0.3 is 15.0 Å². The van der Waals surface area contributed by atoms with Crippen LogP contribution in [0.4, 0.5) is 10.5 Å². The molecule has 1 amide bonds. The van der Waals surface area contributed by atoms with Crippen LogP contribution in [-0.2, 0) is 4.74 Å². The highest BCUT2D eigenvalue weighted by Gasteiger charge is 2.25. The molecule has 0 saturated heterocycles. The van der Waals surface area contributed by atoms with E-state index < -0.39 is 11.7 Å². The highest BCUT2D eigenvalue weighted by Crippen LogP contribution is 2.22. The number of carbonyl (C=O) groups excluding carboxylic acids is 1. The number of aromatic nitrogens is 5. The molecule has 0 radical (unpaired) electrons. The molecule has 2 N–H and O–H groups in total. The molecular formula is C20H24ClN7O2. The number of amides is 1. The molecule has 3 aromatic rings. The first kappa shape index (κ1) is 21.5. The van der Waals surface area contributed by atoms with E-state index in [2.05, 4.69) is 30.5 Å². The van der Waals surface area contributed by atoms with E-state index >= 15 is 0 Å². The highest BCUT2D eigenvalue weighted by atomic mass is 35.5. The van der Waals surface area contributed by atoms with Crippen LogP contribution in [-0.4, -0.2) is 55.3 Å². The van der Waals surface area contributed by atoms with E-state index in [0.717, 1.165) is 5.69 Å². The smallest absolute Gasteiger partial charge is 0.410 e. The van der Waals surface area contributed by atoms with Crippen LogP contribution >= 0.6 is 11.6 Å². The molecule has 2 heterocycles. The second kappa shape index (κ2) is 9.08. The number of ether oxygens (including phenoxy) is 1. The molecule has 2 aromatic heterocycles. The van der Waals surface area contributed by atoms with Crippen LogP contribution in [0.25, 0.3) is 11.5 Å². The first-order chi connectivity index (χ1) is 14.2. The van der Waals surface area contributed by atoms with Gasteiger partial charge in [0.25, 0.3) is 0 Å². The Hall–Kier alpha value is -3.20. The zero-order chi connectivity index (χ0) is 21.7. The van der Waals surface area contributed by atoms with Crippen molar-refractivity contribution < 1.29 is 9.53 Å². The highest BCUT2D eigenvalue weighted by molar-refractivity contribution is 6.30. The minimum Gasteiger partial charge on any atom is -0.444 e. The standard InChI is InChI=1S/C20H24ClN7O2/c1-20(2,3)30-19(29)28(4)11-16(24-14-7-5-13(21)6-8-14)18-25-17(26-27-18)15-9-10-22-12-23-15/h5-10,12,16,24H,11H2,1-4H3,(H,25,26,27). The number of halogens is 1. The van der Waals surface area contributed by atoms with Crippen molar-refractivity contribution in [1.29, 1.82) is 0 Å². The predicted octanol–water partition coefficient (Wildman–Crippen LogP) is 3.94. The molecule has 0 aliphatic carbocycles. The van der Waals surface area contributed by atoms with Crippen molar-refractivity contribution in [1.82, 2.24) is 30.0 Å². The monoisotopic (exact) mass is 429 g/mol. The van der Waals surface area contributed by atoms with Gasteiger partial charge in [-0.1, -0.05) is 11.6 Å². The summed E-state index contributed by atoms with van der Waals surface area (Å²) < 4.78 is 5.46. The number of likely N-dealkylation sites (N-methyl/N-ethyl adjacent to an activating group) is 1. The number of carbonyl (C=O) groups is 1. The topological polar surface area (TPSA) is 109 Å². The Bertz CT molecular complexity index is 971. The zero-order valence-corrected chi connectivity index (χ0v) is 18.0. The third-order valence-electron chi connectivity index (χ3n) is 3.99. The molecule has 3 rings (SSSR count). The fourth-order valence-corrected chi connectivity index (χ4v) is 2.73. The summed E-state index contributed by atoms with van der Waals surface area (Å²) in [6, 6.07) is 8.61. The number of hydrogen-bond donors (Lipinski definition) is 2. The van der Waals surface area contributed by atoms with Crippen molar-refractivity contribution in [2.75, 3.05) is 18.9 Å². The Labute approximate surface area is 179 Å². The average molecular weight is 430 g/mol. The molecule has 1 aromatic carbocycles. The summed E-state index contributed by atoms with van der Waals surface area (Å²) in [6.07, 6.45) is 2.63. The summed E-state index contributed by atoms with van der Waals surface area (Å²) in [5.41, 5.74) is 0.830. The molecule has 0 spiro atoms. The van der Waals surface area contributed by atoms with E-state index in [4.69, 9.17) is 16.3 Å². The molecule has 30 heavy (non-hydrogen) atoms. The molecule has 158 valence electrons. The molecule has 0 saturated carbocycles. The Morgan fingerprint density at radius 1 is 1.27 bits per heavy atom. The van der Waals surface area contributed by atoms with E-state index in [1.807, 2.05) is 32.9 Å². The number of hydrogen-bond acceptors (Lipinski definition) is 7. The normalized spacial score (nSPS) is 12.3. The summed E-state index contributed by atoms with van der Waals surface area (Å²) in [6.45, 7) is 5.77. The maximum Gasteiger partial charge on any atom is 0.410 e. The number of rotatable bonds is 6. The molecule has 9 nitrogen and oxygen atoms in total. The average Bonchev–Trinajstić information content (AvgIpc) is 3.18. The van der Waals surface area contributed by atoms with Crippen LogP contribution in [0.2, 0.25) is 5.02 Å². The number of anilines is 1. The minimum absolute atomic E-state index is 0.288. The minimum atomic E-state index is -0.586. The van der Waals surface area contributed by atoms with Gasteiger partial charge in [0.05, 0.1) is 6.54 Å². The van der Waals surface area contributed by atoms with Crippen LogP contribution in [0, 0.1) is 0 Å². The van der Waals surface area contributed by atoms with Crippen molar-refractivity contribution in [3.63, 3.8) is 0 Å². The van der Waals surface area contributed by atoms with Crippen LogP contribution < -0.4 is 5.32 Å². The van der Waals surface area contributed by atoms with Gasteiger partial charge in [0.15, 0.2) is 5.82 Å². The first-order valence-corrected chi connectivity index (χ1v) is 9.74. The second-order valence-corrected chi connectivity index (χ2v) is 8.14. The molecule has 0 bridgehead atoms. The maximum atomic E-state index is 12.4. The fourth-order valence-electron chi connectivity index (χ4n) is 2.60. The summed E-state index contributed by atoms with van der Waals surface area (Å²) in [5, 5.41) is 11.2. The molecular weight excluding hydrogens is 406 g/mol. The molecule has 1 unspecified atom stereocenters. The van der Waals surface area contributed by atoms with Crippen LogP contribution in [0.1, 0.15) is 32.6 Å². The lowest BCUT2D eigenvalue weighted by Gasteiger charge is -2.27. The van der Waals surface area contributed by atoms with E-state index in [1.165, 1.54) is 11.2 Å². The third-order valence-corrected chi connectivity index (χ3v) is 4.24. The first-order valence-electron chi connectivity index (χ1n) is 9.36. The van der Waals surface area contributed by atoms with E-state index in [9.17, 15) is 4.79 Å². The van der Waals surface area contributed by atoms with Gasteiger partial charge in [-0.15, -0.1) is 0 Å². The second-order valence-electron chi connectivity index (χ2n) is 7.70. The van der Waals surface area contributed by atoms with Crippen molar-refractivity contribution in [3.8, 4) is 11.5 Å². The van der Waals surface area contributed by atoms with Gasteiger partial charge >= 0.3 is 6.09 Å². The summed E-state index contributed by atoms with van der Waals surface area (Å²) in [4.78, 5) is 26.6. The van der Waals surface area contributed by atoms with Gasteiger partial charge in [-0.3, -0.25) is 5.10 Å². The predicted molar refractivity (Wildman–Crippen MR) is 114 cm³/mol. The molecule has 10 heteroatoms. The number of aromatic amines is 1. The van der Waals surface area contributed by atoms with E-state index in [-0.39, 0.29) is 12.6 Å². The molecule has 1 atom stereocenters. The van der Waals surface area contributed by atoms with Gasteiger partial charge in [0.1, 0.15) is 29.5 Å². The molecule has 0 aliphatic rings. The third kappa shape index (κ3) is 5.90. The number of H-pyrrole nitrogens is 1. The number of nitrogens with one attached hydrogen (secondary N) is 2. The van der Waals surface area contributed by atoms with Crippen molar-refractivity contribution in [3.05, 3.63) is 53.7 Å². The van der Waals surface area contributed by atoms with Crippen LogP contribution in [0.15, 0.2) is 42.9 Å². The largest absolute Gasteiger partial charge is 0.444 e. The van der Waals surface area contributed by atoms with Gasteiger partial charge in [-0.05, 0) is 51.1 Å². The lowest BCUT2D eigenvalue weighted by molar-refractivity contribution is 0.0291. The number of benzene rings is 1. The van der Waals surface area contributed by atoms with E-state index in [1.54, 1.807) is 31.4 Å². The van der Waals surface area contributed by atoms with Crippen molar-refractivity contribution >= 4 is 23.4 Å². The van der Waals surface area contributed by atoms with Crippen molar-refractivity contribution in [2.24, 2.45) is 0 Å². The van der Waals surface area contributed by atoms with E-state index in [0.29, 0.717) is 22.4 Å². The Balaban J connectivity index is 1.83. The van der Waals surface area contributed by atoms with Gasteiger partial charge in [-0.25, -0.2) is 19.7 Å². The number of nitrogens with zero attached hydrogens (tertiary/aromatic N) is 5. The summed E-state index contributed by atoms with van der Waals surface area (Å²) in [7, 11) is 1.67. The van der Waals surface area contributed by atoms with Gasteiger partial charge in [0.2, 0.25) is 0 Å². The SMILES string of the molecule is CN(CC(Nc1ccc(Cl)cc1)c1nc(-c2ccncn2)n[nH]1)C(=O)OC(C)(C)C. The Kier molecular flexibility index (Phi) is 6.51. The van der Waals surface area contributed by atoms with Crippen LogP contribution in [0.5, 0.6) is 0 Å². The molecule has 0 fully saturated rings. The fraction of sp³-hybridized carbons (Fsp3) is 0.350. The molecule has 0 aliphatic heterocycles. The summed E-state index contributed by atoms with van der Waals surface area (Å²) >= 11 is 5.99. The summed E-state index contributed by atoms with van der Waals surface area (Å²) in [5.74, 6) is 0.990. The quantitative estimate of drug-likeness (QED) is 0.610. The van der Waals surface area contributed by atoms with Crippen molar-refractivity contribution in [2.45, 2.75) is 32.4 Å². The van der Waals surface area contributed by atoms with Gasteiger partial charge in [-0.2, -0.15) is 5.10 Å². The Morgan fingerprint density at radius 3 is 2.63 bits per heavy atom. The van der Waals surface area contributed by atoms with Crippen LogP contribution in [0.3, 0.4) is 0 Å². The Morgan fingerprint density at radius 2 is 2.00 bits per heavy atom. The lowest BCUT2D eigenvalue weighted by Crippen LogP contribution is -2.38. The lowest BCUT2D eigenvalue weighted by atomic mass is 10.2. The maximum absolute atomic E-state index is 12.4. The van der Waals surface area contributed by atoms with Gasteiger partial charge in [0, 0.05) is 24.0 Å².